The molecule has 1 aliphatic heterocycles. The van der Waals surface area contributed by atoms with Crippen LogP contribution in [-0.2, 0) is 0 Å². The number of pyridine rings is 1. The molecule has 7 heteroatoms. The van der Waals surface area contributed by atoms with E-state index in [2.05, 4.69) is 10.1 Å². The third-order valence-corrected chi connectivity index (χ3v) is 5.16. The number of halogens is 1. The summed E-state index contributed by atoms with van der Waals surface area (Å²) in [5.41, 5.74) is 2.88. The molecule has 0 saturated carbocycles. The second-order valence-electron chi connectivity index (χ2n) is 6.93. The van der Waals surface area contributed by atoms with E-state index in [0.29, 0.717) is 22.4 Å². The highest BCUT2D eigenvalue weighted by atomic mass is 19.1. The first kappa shape index (κ1) is 17.2. The Hall–Kier alpha value is -3.87. The van der Waals surface area contributed by atoms with Crippen molar-refractivity contribution in [3.63, 3.8) is 0 Å². The van der Waals surface area contributed by atoms with Crippen LogP contribution in [0.25, 0.3) is 16.7 Å². The minimum atomic E-state index is -0.455. The maximum absolute atomic E-state index is 14.3. The molecule has 29 heavy (non-hydrogen) atoms. The van der Waals surface area contributed by atoms with E-state index >= 15 is 0 Å². The van der Waals surface area contributed by atoms with E-state index in [1.54, 1.807) is 37.3 Å². The number of benzene rings is 2. The van der Waals surface area contributed by atoms with Crippen molar-refractivity contribution in [3.8, 4) is 5.69 Å². The summed E-state index contributed by atoms with van der Waals surface area (Å²) >= 11 is 0. The fourth-order valence-corrected chi connectivity index (χ4v) is 3.79. The summed E-state index contributed by atoms with van der Waals surface area (Å²) in [5.74, 6) is -1.31. The molecule has 2 aromatic carbocycles. The van der Waals surface area contributed by atoms with Gasteiger partial charge < -0.3 is 0 Å². The third kappa shape index (κ3) is 2.34. The van der Waals surface area contributed by atoms with Gasteiger partial charge in [0.15, 0.2) is 5.65 Å². The predicted molar refractivity (Wildman–Crippen MR) is 106 cm³/mol. The number of nitrogens with zero attached hydrogens (tertiary/aromatic N) is 4. The average molecular weight is 386 g/mol. The van der Waals surface area contributed by atoms with Gasteiger partial charge in [0.25, 0.3) is 11.8 Å². The molecule has 2 amide bonds. The fourth-order valence-electron chi connectivity index (χ4n) is 3.79. The highest BCUT2D eigenvalue weighted by molar-refractivity contribution is 6.37. The molecule has 0 radical (unpaired) electrons. The van der Waals surface area contributed by atoms with Crippen LogP contribution in [0.4, 0.5) is 10.1 Å². The molecule has 1 aliphatic rings. The molecule has 3 heterocycles. The van der Waals surface area contributed by atoms with Gasteiger partial charge in [0.1, 0.15) is 11.5 Å². The van der Waals surface area contributed by atoms with Crippen molar-refractivity contribution in [1.29, 1.82) is 0 Å². The Morgan fingerprint density at radius 2 is 1.59 bits per heavy atom. The second kappa shape index (κ2) is 6.07. The van der Waals surface area contributed by atoms with E-state index < -0.39 is 17.6 Å². The first-order chi connectivity index (χ1) is 14.0. The Bertz CT molecular complexity index is 1340. The van der Waals surface area contributed by atoms with Crippen LogP contribution < -0.4 is 4.90 Å². The number of amides is 2. The maximum Gasteiger partial charge on any atom is 0.267 e. The molecule has 0 aliphatic carbocycles. The van der Waals surface area contributed by atoms with Gasteiger partial charge in [-0.3, -0.25) is 9.59 Å². The second-order valence-corrected chi connectivity index (χ2v) is 6.93. The Balaban J connectivity index is 1.76. The largest absolute Gasteiger partial charge is 0.268 e. The first-order valence-corrected chi connectivity index (χ1v) is 9.06. The van der Waals surface area contributed by atoms with Crippen molar-refractivity contribution >= 4 is 28.5 Å². The lowest BCUT2D eigenvalue weighted by Crippen LogP contribution is -2.30. The van der Waals surface area contributed by atoms with Gasteiger partial charge in [0.05, 0.1) is 27.9 Å². The molecular weight excluding hydrogens is 371 g/mol. The van der Waals surface area contributed by atoms with Gasteiger partial charge in [-0.2, -0.15) is 5.10 Å². The number of para-hydroxylation sites is 2. The number of fused-ring (bicyclic) bond motifs is 3. The highest BCUT2D eigenvalue weighted by Gasteiger charge is 2.40. The summed E-state index contributed by atoms with van der Waals surface area (Å²) in [6.07, 6.45) is 1.37. The summed E-state index contributed by atoms with van der Waals surface area (Å²) in [6, 6.07) is 13.4. The number of carbonyl (C=O) groups is 2. The van der Waals surface area contributed by atoms with E-state index in [1.165, 1.54) is 21.8 Å². The summed E-state index contributed by atoms with van der Waals surface area (Å²) < 4.78 is 15.7. The molecule has 0 fully saturated rings. The van der Waals surface area contributed by atoms with Gasteiger partial charge in [0, 0.05) is 6.20 Å². The van der Waals surface area contributed by atoms with Gasteiger partial charge in [-0.25, -0.2) is 19.0 Å². The molecule has 5 rings (SSSR count). The van der Waals surface area contributed by atoms with E-state index in [1.807, 2.05) is 19.1 Å². The third-order valence-electron chi connectivity index (χ3n) is 5.16. The molecule has 0 N–H and O–H groups in total. The molecule has 142 valence electrons. The Morgan fingerprint density at radius 1 is 0.897 bits per heavy atom. The summed E-state index contributed by atoms with van der Waals surface area (Å²) in [6.45, 7) is 3.56. The number of carbonyl (C=O) groups excluding carboxylic acids is 2. The number of imide groups is 1. The topological polar surface area (TPSA) is 68.1 Å². The van der Waals surface area contributed by atoms with Gasteiger partial charge in [-0.15, -0.1) is 0 Å². The number of hydrogen-bond acceptors (Lipinski definition) is 4. The predicted octanol–water partition coefficient (Wildman–Crippen LogP) is 3.98. The number of aromatic nitrogens is 3. The molecule has 4 aromatic rings. The van der Waals surface area contributed by atoms with E-state index in [0.717, 1.165) is 5.56 Å². The molecule has 0 atom stereocenters. The average Bonchev–Trinajstić information content (AvgIpc) is 3.17. The van der Waals surface area contributed by atoms with Gasteiger partial charge in [0.2, 0.25) is 0 Å². The first-order valence-electron chi connectivity index (χ1n) is 9.06. The van der Waals surface area contributed by atoms with Gasteiger partial charge in [-0.05, 0) is 37.6 Å². The standard InChI is InChI=1S/C22H15FN4O2/c1-12-7-3-5-9-16(12)26-21(28)14-11-24-20-18(19(14)22(26)29)13(2)25-27(20)17-10-6-4-8-15(17)23/h3-11H,1-2H3. The number of rotatable bonds is 2. The number of anilines is 1. The maximum atomic E-state index is 14.3. The normalized spacial score (nSPS) is 13.4. The van der Waals surface area contributed by atoms with Crippen LogP contribution in [0.15, 0.2) is 54.7 Å². The molecule has 2 aromatic heterocycles. The smallest absolute Gasteiger partial charge is 0.267 e. The quantitative estimate of drug-likeness (QED) is 0.489. The van der Waals surface area contributed by atoms with E-state index in [4.69, 9.17) is 0 Å². The molecular formula is C22H15FN4O2. The van der Waals surface area contributed by atoms with Crippen LogP contribution in [-0.4, -0.2) is 26.6 Å². The van der Waals surface area contributed by atoms with Crippen LogP contribution in [0.3, 0.4) is 0 Å². The Labute approximate surface area is 165 Å². The zero-order valence-corrected chi connectivity index (χ0v) is 15.7. The van der Waals surface area contributed by atoms with Crippen LogP contribution in [0.2, 0.25) is 0 Å². The summed E-state index contributed by atoms with van der Waals surface area (Å²) in [4.78, 5) is 31.9. The molecule has 0 saturated heterocycles. The molecule has 0 unspecified atom stereocenters. The van der Waals surface area contributed by atoms with Gasteiger partial charge in [-0.1, -0.05) is 30.3 Å². The van der Waals surface area contributed by atoms with Crippen molar-refractivity contribution in [2.45, 2.75) is 13.8 Å². The van der Waals surface area contributed by atoms with Crippen LogP contribution >= 0.6 is 0 Å². The molecule has 6 nitrogen and oxygen atoms in total. The zero-order valence-electron chi connectivity index (χ0n) is 15.7. The highest BCUT2D eigenvalue weighted by Crippen LogP contribution is 2.35. The van der Waals surface area contributed by atoms with Crippen molar-refractivity contribution in [2.24, 2.45) is 0 Å². The van der Waals surface area contributed by atoms with Crippen molar-refractivity contribution < 1.29 is 14.0 Å². The lowest BCUT2D eigenvalue weighted by molar-refractivity contribution is 0.0926. The molecule has 0 bridgehead atoms. The van der Waals surface area contributed by atoms with Crippen LogP contribution in [0.1, 0.15) is 32.0 Å². The lowest BCUT2D eigenvalue weighted by Gasteiger charge is -2.16. The van der Waals surface area contributed by atoms with Crippen molar-refractivity contribution in [1.82, 2.24) is 14.8 Å². The van der Waals surface area contributed by atoms with E-state index in [-0.39, 0.29) is 16.8 Å². The van der Waals surface area contributed by atoms with E-state index in [9.17, 15) is 14.0 Å². The van der Waals surface area contributed by atoms with Gasteiger partial charge >= 0.3 is 0 Å². The lowest BCUT2D eigenvalue weighted by atomic mass is 10.1. The van der Waals surface area contributed by atoms with Crippen LogP contribution in [0.5, 0.6) is 0 Å². The SMILES string of the molecule is Cc1ccccc1N1C(=O)c2cnc3c(c(C)nn3-c3ccccc3F)c2C1=O. The number of aryl methyl sites for hydroxylation is 2. The fraction of sp³-hybridized carbons (Fsp3) is 0.0909. The number of hydrogen-bond donors (Lipinski definition) is 0. The Morgan fingerprint density at radius 3 is 2.31 bits per heavy atom. The van der Waals surface area contributed by atoms with Crippen molar-refractivity contribution in [3.05, 3.63) is 82.9 Å². The minimum Gasteiger partial charge on any atom is -0.268 e. The monoisotopic (exact) mass is 386 g/mol. The molecule has 0 spiro atoms. The summed E-state index contributed by atoms with van der Waals surface area (Å²) in [5, 5.41) is 4.86. The Kier molecular flexibility index (Phi) is 3.61. The zero-order chi connectivity index (χ0) is 20.3. The summed E-state index contributed by atoms with van der Waals surface area (Å²) in [7, 11) is 0. The minimum absolute atomic E-state index is 0.224. The van der Waals surface area contributed by atoms with Crippen molar-refractivity contribution in [2.75, 3.05) is 4.90 Å². The van der Waals surface area contributed by atoms with Crippen LogP contribution in [0, 0.1) is 19.7 Å².